The Morgan fingerprint density at radius 2 is 1.96 bits per heavy atom. The van der Waals surface area contributed by atoms with Gasteiger partial charge in [-0.3, -0.25) is 9.69 Å². The molecule has 0 spiro atoms. The Hall–Kier alpha value is -1.42. The van der Waals surface area contributed by atoms with Gasteiger partial charge in [-0.05, 0) is 13.3 Å². The summed E-state index contributed by atoms with van der Waals surface area (Å²) in [5.74, 6) is 0.190. The van der Waals surface area contributed by atoms with Crippen molar-refractivity contribution in [3.8, 4) is 0 Å². The molecule has 3 heterocycles. The molecule has 0 saturated carbocycles. The fourth-order valence-corrected chi connectivity index (χ4v) is 4.27. The summed E-state index contributed by atoms with van der Waals surface area (Å²) < 4.78 is 30.8. The summed E-state index contributed by atoms with van der Waals surface area (Å²) in [4.78, 5) is 17.1. The number of hydrogen-bond acceptors (Lipinski definition) is 6. The number of nitrogens with one attached hydrogen (secondary N) is 1. The first-order chi connectivity index (χ1) is 11.8. The second-order valence-electron chi connectivity index (χ2n) is 6.80. The van der Waals surface area contributed by atoms with Gasteiger partial charge in [-0.15, -0.1) is 0 Å². The van der Waals surface area contributed by atoms with E-state index in [2.05, 4.69) is 10.2 Å². The molecule has 8 nitrogen and oxygen atoms in total. The van der Waals surface area contributed by atoms with Crippen LogP contribution in [0.4, 0.5) is 0 Å². The number of nitrogens with zero attached hydrogens (tertiary/aromatic N) is 3. The van der Waals surface area contributed by atoms with Crippen LogP contribution in [0.25, 0.3) is 0 Å². The summed E-state index contributed by atoms with van der Waals surface area (Å²) >= 11 is 0. The summed E-state index contributed by atoms with van der Waals surface area (Å²) in [5.41, 5.74) is 0.335. The minimum absolute atomic E-state index is 0.154. The molecule has 0 aromatic carbocycles. The van der Waals surface area contributed by atoms with Crippen molar-refractivity contribution in [2.45, 2.75) is 24.5 Å². The van der Waals surface area contributed by atoms with E-state index >= 15 is 0 Å². The molecule has 2 aliphatic heterocycles. The van der Waals surface area contributed by atoms with Gasteiger partial charge in [-0.2, -0.15) is 0 Å². The largest absolute Gasteiger partial charge is 0.448 e. The minimum atomic E-state index is -3.68. The zero-order chi connectivity index (χ0) is 18.2. The SMILES string of the molecule is Cc1oc(S(=O)(=O)N(C)C)cc1C(=O)N1CCC(N2CCNCC2)C1. The Balaban J connectivity index is 1.73. The van der Waals surface area contributed by atoms with Gasteiger partial charge in [0.1, 0.15) is 5.76 Å². The lowest BCUT2D eigenvalue weighted by molar-refractivity contribution is 0.0771. The van der Waals surface area contributed by atoms with Crippen LogP contribution in [0, 0.1) is 6.92 Å². The summed E-state index contributed by atoms with van der Waals surface area (Å²) in [6, 6.07) is 1.73. The van der Waals surface area contributed by atoms with E-state index in [9.17, 15) is 13.2 Å². The highest BCUT2D eigenvalue weighted by molar-refractivity contribution is 7.88. The first kappa shape index (κ1) is 18.4. The van der Waals surface area contributed by atoms with Gasteiger partial charge >= 0.3 is 0 Å². The summed E-state index contributed by atoms with van der Waals surface area (Å²) in [5, 5.41) is 3.15. The van der Waals surface area contributed by atoms with Gasteiger partial charge < -0.3 is 14.6 Å². The molecule has 25 heavy (non-hydrogen) atoms. The van der Waals surface area contributed by atoms with Crippen LogP contribution >= 0.6 is 0 Å². The highest BCUT2D eigenvalue weighted by Crippen LogP contribution is 2.25. The number of furan rings is 1. The number of carbonyl (C=O) groups is 1. The molecule has 1 aromatic heterocycles. The summed E-state index contributed by atoms with van der Waals surface area (Å²) in [7, 11) is -0.807. The van der Waals surface area contributed by atoms with E-state index in [0.717, 1.165) is 36.9 Å². The highest BCUT2D eigenvalue weighted by atomic mass is 32.2. The normalized spacial score (nSPS) is 22.7. The van der Waals surface area contributed by atoms with E-state index in [1.165, 1.54) is 20.2 Å². The molecule has 1 aromatic rings. The Bertz CT molecular complexity index is 737. The van der Waals surface area contributed by atoms with Crippen LogP contribution < -0.4 is 5.32 Å². The third-order valence-electron chi connectivity index (χ3n) is 4.98. The van der Waals surface area contributed by atoms with Crippen LogP contribution in [-0.2, 0) is 10.0 Å². The molecule has 2 saturated heterocycles. The van der Waals surface area contributed by atoms with E-state index < -0.39 is 10.0 Å². The molecule has 1 unspecified atom stereocenters. The molecule has 9 heteroatoms. The van der Waals surface area contributed by atoms with Gasteiger partial charge in [0.2, 0.25) is 5.09 Å². The first-order valence-electron chi connectivity index (χ1n) is 8.57. The summed E-state index contributed by atoms with van der Waals surface area (Å²) in [6.45, 7) is 6.97. The molecule has 0 radical (unpaired) electrons. The maximum Gasteiger partial charge on any atom is 0.275 e. The van der Waals surface area contributed by atoms with Gasteiger partial charge in [0.15, 0.2) is 0 Å². The molecular formula is C16H26N4O4S. The Kier molecular flexibility index (Phi) is 5.19. The van der Waals surface area contributed by atoms with Gasteiger partial charge in [-0.25, -0.2) is 12.7 Å². The molecule has 140 valence electrons. The lowest BCUT2D eigenvalue weighted by atomic mass is 10.2. The zero-order valence-electron chi connectivity index (χ0n) is 15.0. The fourth-order valence-electron chi connectivity index (χ4n) is 3.42. The third kappa shape index (κ3) is 3.59. The van der Waals surface area contributed by atoms with Gasteiger partial charge in [0.25, 0.3) is 15.9 Å². The van der Waals surface area contributed by atoms with Gasteiger partial charge in [-0.1, -0.05) is 0 Å². The Labute approximate surface area is 148 Å². The maximum absolute atomic E-state index is 12.8. The van der Waals surface area contributed by atoms with Crippen LogP contribution in [-0.4, -0.2) is 87.8 Å². The van der Waals surface area contributed by atoms with E-state index in [1.807, 2.05) is 0 Å². The van der Waals surface area contributed by atoms with E-state index in [0.29, 0.717) is 30.5 Å². The zero-order valence-corrected chi connectivity index (χ0v) is 15.8. The average Bonchev–Trinajstić information content (AvgIpc) is 3.22. The molecule has 1 amide bonds. The summed E-state index contributed by atoms with van der Waals surface area (Å²) in [6.07, 6.45) is 0.950. The van der Waals surface area contributed by atoms with Crippen LogP contribution in [0.5, 0.6) is 0 Å². The lowest BCUT2D eigenvalue weighted by Crippen LogP contribution is -2.49. The monoisotopic (exact) mass is 370 g/mol. The standard InChI is InChI=1S/C16H26N4O4S/c1-12-14(10-15(24-12)25(22,23)18(2)3)16(21)20-7-4-13(11-20)19-8-5-17-6-9-19/h10,13,17H,4-9,11H2,1-3H3. The first-order valence-corrected chi connectivity index (χ1v) is 10.0. The highest BCUT2D eigenvalue weighted by Gasteiger charge is 2.33. The number of sulfonamides is 1. The molecule has 3 rings (SSSR count). The number of likely N-dealkylation sites (tertiary alicyclic amines) is 1. The van der Waals surface area contributed by atoms with Crippen molar-refractivity contribution in [1.82, 2.24) is 19.4 Å². The van der Waals surface area contributed by atoms with Crippen molar-refractivity contribution in [2.75, 3.05) is 53.4 Å². The third-order valence-corrected chi connectivity index (χ3v) is 6.65. The maximum atomic E-state index is 12.8. The quantitative estimate of drug-likeness (QED) is 0.800. The predicted octanol–water partition coefficient (Wildman–Crippen LogP) is -0.0420. The topological polar surface area (TPSA) is 86.1 Å². The number of piperazine rings is 1. The number of carbonyl (C=O) groups excluding carboxylic acids is 1. The molecule has 1 atom stereocenters. The minimum Gasteiger partial charge on any atom is -0.448 e. The van der Waals surface area contributed by atoms with Crippen molar-refractivity contribution in [2.24, 2.45) is 0 Å². The van der Waals surface area contributed by atoms with Gasteiger partial charge in [0.05, 0.1) is 5.56 Å². The smallest absolute Gasteiger partial charge is 0.275 e. The Morgan fingerprint density at radius 3 is 2.60 bits per heavy atom. The van der Waals surface area contributed by atoms with Crippen molar-refractivity contribution >= 4 is 15.9 Å². The van der Waals surface area contributed by atoms with Crippen molar-refractivity contribution in [3.63, 3.8) is 0 Å². The number of aryl methyl sites for hydroxylation is 1. The fraction of sp³-hybridized carbons (Fsp3) is 0.688. The predicted molar refractivity (Wildman–Crippen MR) is 93.1 cm³/mol. The van der Waals surface area contributed by atoms with Crippen molar-refractivity contribution in [1.29, 1.82) is 0 Å². The van der Waals surface area contributed by atoms with E-state index in [4.69, 9.17) is 4.42 Å². The number of amides is 1. The second-order valence-corrected chi connectivity index (χ2v) is 8.89. The lowest BCUT2D eigenvalue weighted by Gasteiger charge is -2.32. The number of rotatable bonds is 4. The van der Waals surface area contributed by atoms with E-state index in [-0.39, 0.29) is 11.0 Å². The molecular weight excluding hydrogens is 344 g/mol. The van der Waals surface area contributed by atoms with E-state index in [1.54, 1.807) is 11.8 Å². The molecule has 2 aliphatic rings. The average molecular weight is 370 g/mol. The van der Waals surface area contributed by atoms with Crippen LogP contribution in [0.15, 0.2) is 15.6 Å². The Morgan fingerprint density at radius 1 is 1.28 bits per heavy atom. The second kappa shape index (κ2) is 7.06. The molecule has 0 bridgehead atoms. The molecule has 1 N–H and O–H groups in total. The molecule has 0 aliphatic carbocycles. The van der Waals surface area contributed by atoms with Gasteiger partial charge in [0, 0.05) is 65.5 Å². The van der Waals surface area contributed by atoms with Crippen molar-refractivity contribution in [3.05, 3.63) is 17.4 Å². The van der Waals surface area contributed by atoms with Crippen molar-refractivity contribution < 1.29 is 17.6 Å². The number of hydrogen-bond donors (Lipinski definition) is 1. The van der Waals surface area contributed by atoms with Crippen LogP contribution in [0.3, 0.4) is 0 Å². The van der Waals surface area contributed by atoms with Crippen LogP contribution in [0.2, 0.25) is 0 Å². The van der Waals surface area contributed by atoms with Crippen LogP contribution in [0.1, 0.15) is 22.5 Å². The molecule has 2 fully saturated rings.